The number of halogens is 1. The van der Waals surface area contributed by atoms with Crippen LogP contribution in [0.25, 0.3) is 27.6 Å². The van der Waals surface area contributed by atoms with Crippen LogP contribution in [-0.4, -0.2) is 24.1 Å². The summed E-state index contributed by atoms with van der Waals surface area (Å²) in [6.45, 7) is 0.755. The van der Waals surface area contributed by atoms with Gasteiger partial charge in [-0.2, -0.15) is 20.1 Å². The van der Waals surface area contributed by atoms with E-state index in [-0.39, 0.29) is 5.02 Å². The molecule has 134 valence electrons. The highest BCUT2D eigenvalue weighted by Gasteiger charge is 2.25. The van der Waals surface area contributed by atoms with E-state index in [2.05, 4.69) is 16.3 Å². The number of rotatable bonds is 3. The van der Waals surface area contributed by atoms with Crippen LogP contribution >= 0.6 is 11.6 Å². The summed E-state index contributed by atoms with van der Waals surface area (Å²) in [7, 11) is 1.84. The Hall–Kier alpha value is -3.11. The van der Waals surface area contributed by atoms with Crippen LogP contribution in [0.2, 0.25) is 5.02 Å². The molecule has 0 N–H and O–H groups in total. The van der Waals surface area contributed by atoms with Crippen LogP contribution in [0.3, 0.4) is 0 Å². The maximum absolute atomic E-state index is 12.9. The second-order valence-corrected chi connectivity index (χ2v) is 7.40. The molecule has 0 unspecified atom stereocenters. The van der Waals surface area contributed by atoms with Gasteiger partial charge >= 0.3 is 0 Å². The molecule has 1 aliphatic rings. The van der Waals surface area contributed by atoms with Crippen LogP contribution in [-0.2, 0) is 13.6 Å². The lowest BCUT2D eigenvalue weighted by Gasteiger charge is -2.08. The molecule has 1 saturated carbocycles. The van der Waals surface area contributed by atoms with Gasteiger partial charge in [0.25, 0.3) is 5.56 Å². The Bertz CT molecular complexity index is 1320. The topological polar surface area (TPSA) is 81.4 Å². The number of benzene rings is 1. The molecule has 1 aliphatic carbocycles. The molecule has 3 heterocycles. The fraction of sp³-hybridized carbons (Fsp3) is 0.263. The van der Waals surface area contributed by atoms with E-state index < -0.39 is 5.56 Å². The highest BCUT2D eigenvalue weighted by molar-refractivity contribution is 6.34. The van der Waals surface area contributed by atoms with Crippen molar-refractivity contribution in [2.75, 3.05) is 0 Å². The number of nitriles is 1. The van der Waals surface area contributed by atoms with Crippen molar-refractivity contribution in [2.24, 2.45) is 13.0 Å². The van der Waals surface area contributed by atoms with E-state index in [0.29, 0.717) is 28.2 Å². The van der Waals surface area contributed by atoms with E-state index in [0.717, 1.165) is 30.3 Å². The first-order chi connectivity index (χ1) is 13.0. The van der Waals surface area contributed by atoms with Crippen LogP contribution in [0.4, 0.5) is 0 Å². The van der Waals surface area contributed by atoms with Gasteiger partial charge in [0.1, 0.15) is 16.6 Å². The smallest absolute Gasteiger partial charge is 0.292 e. The maximum Gasteiger partial charge on any atom is 0.292 e. The third-order valence-electron chi connectivity index (χ3n) is 4.96. The van der Waals surface area contributed by atoms with Crippen molar-refractivity contribution < 1.29 is 0 Å². The summed E-state index contributed by atoms with van der Waals surface area (Å²) in [5, 5.41) is 19.3. The maximum atomic E-state index is 12.9. The molecule has 0 radical (unpaired) electrons. The van der Waals surface area contributed by atoms with Gasteiger partial charge in [-0.1, -0.05) is 11.6 Å². The van der Waals surface area contributed by atoms with Gasteiger partial charge in [0.15, 0.2) is 0 Å². The summed E-state index contributed by atoms with van der Waals surface area (Å²) in [5.41, 5.74) is 2.44. The summed E-state index contributed by atoms with van der Waals surface area (Å²) in [4.78, 5) is 12.9. The molecule has 0 aliphatic heterocycles. The number of hydrogen-bond donors (Lipinski definition) is 0. The summed E-state index contributed by atoms with van der Waals surface area (Å²) in [6.07, 6.45) is 5.94. The van der Waals surface area contributed by atoms with Crippen molar-refractivity contribution in [1.29, 1.82) is 5.26 Å². The zero-order valence-electron chi connectivity index (χ0n) is 14.6. The fourth-order valence-electron chi connectivity index (χ4n) is 3.46. The number of hydrogen-bond acceptors (Lipinski definition) is 4. The minimum atomic E-state index is -0.396. The highest BCUT2D eigenvalue weighted by Crippen LogP contribution is 2.33. The SMILES string of the molecule is Cn1cc2cc(-n3nc4c(C#N)cn(CC5CC5)c4c(Cl)c3=O)ccc2n1. The number of aryl methyl sites for hydroxylation is 1. The third kappa shape index (κ3) is 2.53. The summed E-state index contributed by atoms with van der Waals surface area (Å²) in [5.74, 6) is 0.582. The summed E-state index contributed by atoms with van der Waals surface area (Å²) < 4.78 is 4.88. The van der Waals surface area contributed by atoms with Gasteiger partial charge in [-0.15, -0.1) is 0 Å². The third-order valence-corrected chi connectivity index (χ3v) is 5.30. The molecule has 5 rings (SSSR count). The molecule has 0 amide bonds. The molecular formula is C19H15ClN6O. The van der Waals surface area contributed by atoms with Gasteiger partial charge in [0.2, 0.25) is 0 Å². The van der Waals surface area contributed by atoms with Crippen LogP contribution in [0.5, 0.6) is 0 Å². The molecule has 3 aromatic heterocycles. The van der Waals surface area contributed by atoms with Gasteiger partial charge in [-0.3, -0.25) is 9.48 Å². The number of aromatic nitrogens is 5. The quantitative estimate of drug-likeness (QED) is 0.548. The molecule has 1 fully saturated rings. The molecule has 4 aromatic rings. The molecule has 0 atom stereocenters. The molecule has 0 bridgehead atoms. The standard InChI is InChI=1S/C19H15ClN6O/c1-24-9-12-6-14(4-5-15(12)22-24)26-19(27)16(20)18-17(23-26)13(7-21)10-25(18)8-11-2-3-11/h4-6,9-11H,2-3,8H2,1H3. The van der Waals surface area contributed by atoms with Crippen molar-refractivity contribution in [2.45, 2.75) is 19.4 Å². The van der Waals surface area contributed by atoms with Crippen LogP contribution in [0.15, 0.2) is 35.4 Å². The summed E-state index contributed by atoms with van der Waals surface area (Å²) >= 11 is 6.46. The molecule has 0 saturated heterocycles. The summed E-state index contributed by atoms with van der Waals surface area (Å²) in [6, 6.07) is 7.62. The Labute approximate surface area is 159 Å². The highest BCUT2D eigenvalue weighted by atomic mass is 35.5. The second kappa shape index (κ2) is 5.69. The average molecular weight is 379 g/mol. The Balaban J connectivity index is 1.75. The number of nitrogens with zero attached hydrogens (tertiary/aromatic N) is 6. The van der Waals surface area contributed by atoms with Crippen molar-refractivity contribution in [3.8, 4) is 11.8 Å². The van der Waals surface area contributed by atoms with E-state index in [4.69, 9.17) is 11.6 Å². The lowest BCUT2D eigenvalue weighted by atomic mass is 10.2. The first-order valence-corrected chi connectivity index (χ1v) is 9.08. The monoisotopic (exact) mass is 378 g/mol. The van der Waals surface area contributed by atoms with E-state index in [9.17, 15) is 10.1 Å². The van der Waals surface area contributed by atoms with Gasteiger partial charge < -0.3 is 4.57 Å². The fourth-order valence-corrected chi connectivity index (χ4v) is 3.74. The molecule has 7 nitrogen and oxygen atoms in total. The minimum absolute atomic E-state index is 0.0911. The van der Waals surface area contributed by atoms with Crippen LogP contribution in [0.1, 0.15) is 18.4 Å². The molecule has 27 heavy (non-hydrogen) atoms. The Morgan fingerprint density at radius 3 is 2.85 bits per heavy atom. The van der Waals surface area contributed by atoms with Crippen molar-refractivity contribution in [3.05, 3.63) is 51.5 Å². The average Bonchev–Trinajstić information content (AvgIpc) is 3.28. The lowest BCUT2D eigenvalue weighted by Crippen LogP contribution is -2.22. The first kappa shape index (κ1) is 16.1. The van der Waals surface area contributed by atoms with Gasteiger partial charge in [-0.05, 0) is 37.0 Å². The van der Waals surface area contributed by atoms with Crippen LogP contribution < -0.4 is 5.56 Å². The van der Waals surface area contributed by atoms with Gasteiger partial charge in [0, 0.05) is 31.4 Å². The van der Waals surface area contributed by atoms with Gasteiger partial charge in [-0.25, -0.2) is 0 Å². The van der Waals surface area contributed by atoms with E-state index >= 15 is 0 Å². The first-order valence-electron chi connectivity index (χ1n) is 8.70. The Morgan fingerprint density at radius 2 is 2.11 bits per heavy atom. The molecule has 1 aromatic carbocycles. The minimum Gasteiger partial charge on any atom is -0.343 e. The van der Waals surface area contributed by atoms with Crippen LogP contribution in [0, 0.1) is 17.2 Å². The number of fused-ring (bicyclic) bond motifs is 2. The Kier molecular flexibility index (Phi) is 3.39. The zero-order valence-corrected chi connectivity index (χ0v) is 15.3. The molecular weight excluding hydrogens is 364 g/mol. The largest absolute Gasteiger partial charge is 0.343 e. The Morgan fingerprint density at radius 1 is 1.30 bits per heavy atom. The predicted molar refractivity (Wildman–Crippen MR) is 102 cm³/mol. The lowest BCUT2D eigenvalue weighted by molar-refractivity contribution is 0.645. The molecule has 8 heteroatoms. The molecule has 0 spiro atoms. The van der Waals surface area contributed by atoms with E-state index in [1.54, 1.807) is 16.9 Å². The van der Waals surface area contributed by atoms with E-state index in [1.165, 1.54) is 4.68 Å². The normalized spacial score (nSPS) is 14.1. The van der Waals surface area contributed by atoms with Crippen molar-refractivity contribution in [1.82, 2.24) is 24.1 Å². The second-order valence-electron chi connectivity index (χ2n) is 7.02. The zero-order chi connectivity index (χ0) is 18.7. The van der Waals surface area contributed by atoms with Gasteiger partial charge in [0.05, 0.1) is 22.3 Å². The van der Waals surface area contributed by atoms with Crippen molar-refractivity contribution >= 4 is 33.5 Å². The van der Waals surface area contributed by atoms with Crippen molar-refractivity contribution in [3.63, 3.8) is 0 Å². The predicted octanol–water partition coefficient (Wildman–Crippen LogP) is 3.01. The van der Waals surface area contributed by atoms with E-state index in [1.807, 2.05) is 29.9 Å².